The summed E-state index contributed by atoms with van der Waals surface area (Å²) in [6, 6.07) is 5.47. The maximum atomic E-state index is 12.2. The zero-order valence-electron chi connectivity index (χ0n) is 11.7. The second kappa shape index (κ2) is 5.87. The second-order valence-electron chi connectivity index (χ2n) is 5.74. The van der Waals surface area contributed by atoms with E-state index in [9.17, 15) is 4.79 Å². The summed E-state index contributed by atoms with van der Waals surface area (Å²) in [4.78, 5) is 12.2. The number of hydrogen-bond donors (Lipinski definition) is 0. The highest BCUT2D eigenvalue weighted by atomic mass is 79.9. The van der Waals surface area contributed by atoms with Crippen molar-refractivity contribution in [1.29, 1.82) is 0 Å². The molecule has 0 aromatic heterocycles. The molecule has 0 bridgehead atoms. The Kier molecular flexibility index (Phi) is 4.97. The second-order valence-corrected chi connectivity index (χ2v) is 6.60. The van der Waals surface area contributed by atoms with Crippen molar-refractivity contribution in [3.05, 3.63) is 28.2 Å². The average molecular weight is 313 g/mol. The van der Waals surface area contributed by atoms with Crippen LogP contribution in [0.15, 0.2) is 22.7 Å². The molecule has 1 atom stereocenters. The Bertz CT molecular complexity index is 433. The van der Waals surface area contributed by atoms with E-state index >= 15 is 0 Å². The zero-order valence-corrected chi connectivity index (χ0v) is 13.3. The average Bonchev–Trinajstić information content (AvgIpc) is 2.27. The summed E-state index contributed by atoms with van der Waals surface area (Å²) in [6.07, 6.45) is 0.572. The van der Waals surface area contributed by atoms with Gasteiger partial charge in [0.05, 0.1) is 11.6 Å². The minimum absolute atomic E-state index is 0.152. The minimum atomic E-state index is 0.152. The van der Waals surface area contributed by atoms with Gasteiger partial charge in [-0.3, -0.25) is 4.79 Å². The van der Waals surface area contributed by atoms with E-state index in [1.54, 1.807) is 7.11 Å². The van der Waals surface area contributed by atoms with Gasteiger partial charge in [-0.25, -0.2) is 0 Å². The van der Waals surface area contributed by atoms with Gasteiger partial charge in [-0.05, 0) is 45.5 Å². The molecular weight excluding hydrogens is 292 g/mol. The third kappa shape index (κ3) is 3.84. The summed E-state index contributed by atoms with van der Waals surface area (Å²) in [6.45, 7) is 8.61. The smallest absolute Gasteiger partial charge is 0.163 e. The fourth-order valence-corrected chi connectivity index (χ4v) is 2.08. The molecule has 0 spiro atoms. The summed E-state index contributed by atoms with van der Waals surface area (Å²) in [5.74, 6) is 1.28. The Balaban J connectivity index is 2.82. The number of ether oxygens (including phenoxy) is 1. The van der Waals surface area contributed by atoms with Gasteiger partial charge in [0.25, 0.3) is 0 Å². The Hall–Kier alpha value is -0.830. The number of methoxy groups -OCH3 is 1. The third-order valence-electron chi connectivity index (χ3n) is 3.44. The molecule has 18 heavy (non-hydrogen) atoms. The first-order chi connectivity index (χ1) is 8.25. The molecule has 100 valence electrons. The molecule has 0 saturated heterocycles. The van der Waals surface area contributed by atoms with Gasteiger partial charge in [0.15, 0.2) is 5.78 Å². The molecule has 0 saturated carbocycles. The van der Waals surface area contributed by atoms with Crippen molar-refractivity contribution in [2.24, 2.45) is 11.3 Å². The van der Waals surface area contributed by atoms with Gasteiger partial charge in [-0.1, -0.05) is 27.7 Å². The summed E-state index contributed by atoms with van der Waals surface area (Å²) < 4.78 is 5.98. The maximum absolute atomic E-state index is 12.2. The van der Waals surface area contributed by atoms with Gasteiger partial charge >= 0.3 is 0 Å². The highest BCUT2D eigenvalue weighted by Crippen LogP contribution is 2.31. The molecule has 0 aliphatic rings. The Morgan fingerprint density at radius 3 is 2.44 bits per heavy atom. The predicted molar refractivity (Wildman–Crippen MR) is 78.3 cm³/mol. The van der Waals surface area contributed by atoms with E-state index in [4.69, 9.17) is 4.74 Å². The Morgan fingerprint density at radius 2 is 2.00 bits per heavy atom. The van der Waals surface area contributed by atoms with Crippen molar-refractivity contribution in [1.82, 2.24) is 0 Å². The zero-order chi connectivity index (χ0) is 13.9. The van der Waals surface area contributed by atoms with E-state index in [0.717, 1.165) is 15.8 Å². The molecule has 1 unspecified atom stereocenters. The van der Waals surface area contributed by atoms with Crippen LogP contribution in [0.1, 0.15) is 44.5 Å². The monoisotopic (exact) mass is 312 g/mol. The van der Waals surface area contributed by atoms with Crippen LogP contribution in [-0.4, -0.2) is 12.9 Å². The van der Waals surface area contributed by atoms with Crippen LogP contribution in [0.4, 0.5) is 0 Å². The molecule has 0 fully saturated rings. The van der Waals surface area contributed by atoms with Crippen molar-refractivity contribution >= 4 is 21.7 Å². The van der Waals surface area contributed by atoms with Gasteiger partial charge < -0.3 is 4.74 Å². The summed E-state index contributed by atoms with van der Waals surface area (Å²) in [5.41, 5.74) is 0.887. The van der Waals surface area contributed by atoms with Crippen LogP contribution in [0.5, 0.6) is 5.75 Å². The highest BCUT2D eigenvalue weighted by Gasteiger charge is 2.23. The van der Waals surface area contributed by atoms with E-state index in [1.807, 2.05) is 18.2 Å². The highest BCUT2D eigenvalue weighted by molar-refractivity contribution is 9.10. The topological polar surface area (TPSA) is 26.3 Å². The van der Waals surface area contributed by atoms with Crippen LogP contribution in [0, 0.1) is 11.3 Å². The number of ketones is 1. The Labute approximate surface area is 118 Å². The number of carbonyl (C=O) groups is 1. The van der Waals surface area contributed by atoms with Gasteiger partial charge in [0.1, 0.15) is 5.75 Å². The summed E-state index contributed by atoms with van der Waals surface area (Å²) >= 11 is 3.40. The molecule has 0 aliphatic carbocycles. The van der Waals surface area contributed by atoms with E-state index in [1.165, 1.54) is 0 Å². The number of rotatable bonds is 4. The molecule has 0 N–H and O–H groups in total. The van der Waals surface area contributed by atoms with Gasteiger partial charge in [0.2, 0.25) is 0 Å². The van der Waals surface area contributed by atoms with Crippen LogP contribution < -0.4 is 4.74 Å². The lowest BCUT2D eigenvalue weighted by molar-refractivity contribution is 0.0927. The van der Waals surface area contributed by atoms with E-state index in [2.05, 4.69) is 43.6 Å². The standard InChI is InChI=1S/C15H21BrO2/c1-10(15(2,3)4)8-13(17)11-6-7-14(18-5)12(16)9-11/h6-7,9-10H,8H2,1-5H3. The molecule has 0 amide bonds. The first kappa shape index (κ1) is 15.2. The van der Waals surface area contributed by atoms with Crippen LogP contribution in [0.3, 0.4) is 0 Å². The van der Waals surface area contributed by atoms with Crippen molar-refractivity contribution < 1.29 is 9.53 Å². The number of benzene rings is 1. The van der Waals surface area contributed by atoms with Gasteiger partial charge in [-0.15, -0.1) is 0 Å². The largest absolute Gasteiger partial charge is 0.496 e. The summed E-state index contributed by atoms with van der Waals surface area (Å²) in [5, 5.41) is 0. The molecule has 2 nitrogen and oxygen atoms in total. The lowest BCUT2D eigenvalue weighted by atomic mass is 9.78. The molecule has 1 aromatic rings. The van der Waals surface area contributed by atoms with Gasteiger partial charge in [-0.2, -0.15) is 0 Å². The van der Waals surface area contributed by atoms with E-state index < -0.39 is 0 Å². The first-order valence-corrected chi connectivity index (χ1v) is 6.91. The van der Waals surface area contributed by atoms with E-state index in [-0.39, 0.29) is 11.2 Å². The van der Waals surface area contributed by atoms with Crippen LogP contribution in [0.25, 0.3) is 0 Å². The van der Waals surface area contributed by atoms with E-state index in [0.29, 0.717) is 12.3 Å². The normalized spacial score (nSPS) is 13.2. The van der Waals surface area contributed by atoms with Gasteiger partial charge in [0, 0.05) is 12.0 Å². The lowest BCUT2D eigenvalue weighted by Gasteiger charge is -2.26. The minimum Gasteiger partial charge on any atom is -0.496 e. The fraction of sp³-hybridized carbons (Fsp3) is 0.533. The quantitative estimate of drug-likeness (QED) is 0.752. The Morgan fingerprint density at radius 1 is 1.39 bits per heavy atom. The van der Waals surface area contributed by atoms with Crippen LogP contribution >= 0.6 is 15.9 Å². The number of Topliss-reactive ketones (excluding diaryl/α,β-unsaturated/α-hetero) is 1. The number of carbonyl (C=O) groups excluding carboxylic acids is 1. The number of hydrogen-bond acceptors (Lipinski definition) is 2. The summed E-state index contributed by atoms with van der Waals surface area (Å²) in [7, 11) is 1.61. The molecular formula is C15H21BrO2. The van der Waals surface area contributed by atoms with Crippen molar-refractivity contribution in [3.8, 4) is 5.75 Å². The van der Waals surface area contributed by atoms with Crippen molar-refractivity contribution in [2.75, 3.05) is 7.11 Å². The maximum Gasteiger partial charge on any atom is 0.163 e. The fourth-order valence-electron chi connectivity index (χ4n) is 1.54. The molecule has 0 radical (unpaired) electrons. The predicted octanol–water partition coefficient (Wildman–Crippen LogP) is 4.71. The molecule has 1 rings (SSSR count). The molecule has 1 aromatic carbocycles. The number of halogens is 1. The molecule has 0 aliphatic heterocycles. The lowest BCUT2D eigenvalue weighted by Crippen LogP contribution is -2.20. The van der Waals surface area contributed by atoms with Crippen LogP contribution in [0.2, 0.25) is 0 Å². The third-order valence-corrected chi connectivity index (χ3v) is 4.06. The van der Waals surface area contributed by atoms with Crippen LogP contribution in [-0.2, 0) is 0 Å². The first-order valence-electron chi connectivity index (χ1n) is 6.12. The van der Waals surface area contributed by atoms with Crippen molar-refractivity contribution in [2.45, 2.75) is 34.1 Å². The molecule has 3 heteroatoms. The van der Waals surface area contributed by atoms with Crippen molar-refractivity contribution in [3.63, 3.8) is 0 Å². The molecule has 0 heterocycles. The SMILES string of the molecule is COc1ccc(C(=O)CC(C)C(C)(C)C)cc1Br.